The van der Waals surface area contributed by atoms with Crippen molar-refractivity contribution in [2.24, 2.45) is 0 Å². The molecule has 0 unspecified atom stereocenters. The van der Waals surface area contributed by atoms with E-state index in [9.17, 15) is 4.79 Å². The average molecular weight is 377 g/mol. The lowest BCUT2D eigenvalue weighted by Gasteiger charge is -2.13. The molecule has 0 atom stereocenters. The Balaban J connectivity index is 1.64. The maximum Gasteiger partial charge on any atom is 0.269 e. The second-order valence-corrected chi connectivity index (χ2v) is 6.07. The van der Waals surface area contributed by atoms with Gasteiger partial charge in [-0.25, -0.2) is 4.98 Å². The average Bonchev–Trinajstić information content (AvgIpc) is 2.74. The van der Waals surface area contributed by atoms with Gasteiger partial charge in [0, 0.05) is 20.3 Å². The van der Waals surface area contributed by atoms with Gasteiger partial charge in [0.25, 0.3) is 5.91 Å². The number of ether oxygens (including phenoxy) is 2. The number of nitrogens with zero attached hydrogens (tertiary/aromatic N) is 1. The van der Waals surface area contributed by atoms with Crippen molar-refractivity contribution in [3.63, 3.8) is 0 Å². The SMILES string of the molecule is COCCCNC(=O)c1ccc(Nc2ccccc2Oc2ccccc2)cn1. The second-order valence-electron chi connectivity index (χ2n) is 6.07. The highest BCUT2D eigenvalue weighted by molar-refractivity contribution is 5.92. The Hall–Kier alpha value is -3.38. The molecule has 0 aliphatic rings. The molecule has 2 N–H and O–H groups in total. The summed E-state index contributed by atoms with van der Waals surface area (Å²) in [7, 11) is 1.64. The summed E-state index contributed by atoms with van der Waals surface area (Å²) in [5.74, 6) is 1.26. The Labute approximate surface area is 164 Å². The second kappa shape index (κ2) is 10.1. The van der Waals surface area contributed by atoms with E-state index < -0.39 is 0 Å². The summed E-state index contributed by atoms with van der Waals surface area (Å²) >= 11 is 0. The van der Waals surface area contributed by atoms with Crippen LogP contribution in [0, 0.1) is 0 Å². The molecule has 6 heteroatoms. The van der Waals surface area contributed by atoms with Crippen LogP contribution in [0.15, 0.2) is 72.9 Å². The van der Waals surface area contributed by atoms with Crippen LogP contribution in [0.25, 0.3) is 0 Å². The molecule has 0 aliphatic heterocycles. The first-order valence-electron chi connectivity index (χ1n) is 9.08. The maximum atomic E-state index is 12.1. The fourth-order valence-electron chi connectivity index (χ4n) is 2.54. The number of hydrogen-bond donors (Lipinski definition) is 2. The van der Waals surface area contributed by atoms with Gasteiger partial charge in [0.2, 0.25) is 0 Å². The number of carbonyl (C=O) groups is 1. The summed E-state index contributed by atoms with van der Waals surface area (Å²) in [4.78, 5) is 16.3. The molecule has 1 amide bonds. The fraction of sp³-hybridized carbons (Fsp3) is 0.182. The molecule has 0 fully saturated rings. The molecule has 2 aromatic carbocycles. The van der Waals surface area contributed by atoms with Crippen LogP contribution in [0.5, 0.6) is 11.5 Å². The van der Waals surface area contributed by atoms with E-state index in [-0.39, 0.29) is 5.91 Å². The van der Waals surface area contributed by atoms with Crippen molar-refractivity contribution in [3.05, 3.63) is 78.6 Å². The minimum absolute atomic E-state index is 0.199. The molecular weight excluding hydrogens is 354 g/mol. The number of hydrogen-bond acceptors (Lipinski definition) is 5. The van der Waals surface area contributed by atoms with Gasteiger partial charge < -0.3 is 20.1 Å². The van der Waals surface area contributed by atoms with E-state index in [1.54, 1.807) is 19.4 Å². The van der Waals surface area contributed by atoms with Gasteiger partial charge in [0.15, 0.2) is 5.75 Å². The minimum atomic E-state index is -0.199. The van der Waals surface area contributed by atoms with E-state index in [1.165, 1.54) is 0 Å². The van der Waals surface area contributed by atoms with E-state index >= 15 is 0 Å². The Morgan fingerprint density at radius 1 is 1.00 bits per heavy atom. The zero-order valence-corrected chi connectivity index (χ0v) is 15.7. The molecule has 28 heavy (non-hydrogen) atoms. The van der Waals surface area contributed by atoms with Gasteiger partial charge in [-0.15, -0.1) is 0 Å². The molecule has 0 radical (unpaired) electrons. The number of pyridine rings is 1. The standard InChI is InChI=1S/C22H23N3O3/c1-27-15-7-14-23-22(26)20-13-12-17(16-24-20)25-19-10-5-6-11-21(19)28-18-8-3-2-4-9-18/h2-6,8-13,16,25H,7,14-15H2,1H3,(H,23,26). The van der Waals surface area contributed by atoms with Crippen molar-refractivity contribution in [3.8, 4) is 11.5 Å². The van der Waals surface area contributed by atoms with Crippen LogP contribution >= 0.6 is 0 Å². The quantitative estimate of drug-likeness (QED) is 0.541. The van der Waals surface area contributed by atoms with Crippen LogP contribution in [0.4, 0.5) is 11.4 Å². The highest BCUT2D eigenvalue weighted by Gasteiger charge is 2.08. The number of rotatable bonds is 9. The van der Waals surface area contributed by atoms with E-state index in [0.717, 1.165) is 23.5 Å². The number of carbonyl (C=O) groups excluding carboxylic acids is 1. The summed E-state index contributed by atoms with van der Waals surface area (Å²) in [6.07, 6.45) is 2.39. The topological polar surface area (TPSA) is 72.5 Å². The van der Waals surface area contributed by atoms with Crippen LogP contribution in [0.1, 0.15) is 16.9 Å². The lowest BCUT2D eigenvalue weighted by molar-refractivity contribution is 0.0943. The van der Waals surface area contributed by atoms with E-state index in [0.29, 0.717) is 24.6 Å². The number of anilines is 2. The molecule has 1 heterocycles. The van der Waals surface area contributed by atoms with Gasteiger partial charge in [-0.05, 0) is 42.8 Å². The first kappa shape index (κ1) is 19.4. The molecule has 6 nitrogen and oxygen atoms in total. The third kappa shape index (κ3) is 5.56. The zero-order valence-electron chi connectivity index (χ0n) is 15.7. The van der Waals surface area contributed by atoms with Gasteiger partial charge in [-0.1, -0.05) is 30.3 Å². The lowest BCUT2D eigenvalue weighted by atomic mass is 10.2. The largest absolute Gasteiger partial charge is 0.455 e. The van der Waals surface area contributed by atoms with Crippen LogP contribution in [0.3, 0.4) is 0 Å². The number of para-hydroxylation sites is 3. The van der Waals surface area contributed by atoms with Crippen molar-refractivity contribution in [2.75, 3.05) is 25.6 Å². The molecule has 0 spiro atoms. The van der Waals surface area contributed by atoms with E-state index in [4.69, 9.17) is 9.47 Å². The van der Waals surface area contributed by atoms with Crippen LogP contribution in [-0.2, 0) is 4.74 Å². The van der Waals surface area contributed by atoms with Crippen LogP contribution < -0.4 is 15.4 Å². The smallest absolute Gasteiger partial charge is 0.269 e. The zero-order chi connectivity index (χ0) is 19.6. The van der Waals surface area contributed by atoms with E-state index in [1.807, 2.05) is 60.7 Å². The Morgan fingerprint density at radius 3 is 2.54 bits per heavy atom. The summed E-state index contributed by atoms with van der Waals surface area (Å²) in [5.41, 5.74) is 1.95. The minimum Gasteiger partial charge on any atom is -0.455 e. The first-order chi connectivity index (χ1) is 13.8. The van der Waals surface area contributed by atoms with Crippen molar-refractivity contribution in [2.45, 2.75) is 6.42 Å². The third-order valence-electron chi connectivity index (χ3n) is 3.94. The van der Waals surface area contributed by atoms with Gasteiger partial charge in [0.05, 0.1) is 17.6 Å². The van der Waals surface area contributed by atoms with Gasteiger partial charge in [-0.3, -0.25) is 4.79 Å². The van der Waals surface area contributed by atoms with Crippen molar-refractivity contribution >= 4 is 17.3 Å². The highest BCUT2D eigenvalue weighted by atomic mass is 16.5. The summed E-state index contributed by atoms with van der Waals surface area (Å²) in [6.45, 7) is 1.17. The van der Waals surface area contributed by atoms with Crippen LogP contribution in [0.2, 0.25) is 0 Å². The third-order valence-corrected chi connectivity index (χ3v) is 3.94. The molecule has 0 saturated carbocycles. The van der Waals surface area contributed by atoms with Crippen molar-refractivity contribution in [1.29, 1.82) is 0 Å². The molecule has 0 aliphatic carbocycles. The normalized spacial score (nSPS) is 10.3. The number of amides is 1. The molecule has 3 rings (SSSR count). The summed E-state index contributed by atoms with van der Waals surface area (Å²) in [6, 6.07) is 20.8. The van der Waals surface area contributed by atoms with Crippen molar-refractivity contribution < 1.29 is 14.3 Å². The highest BCUT2D eigenvalue weighted by Crippen LogP contribution is 2.31. The predicted molar refractivity (Wildman–Crippen MR) is 109 cm³/mol. The monoisotopic (exact) mass is 377 g/mol. The number of benzene rings is 2. The number of nitrogens with one attached hydrogen (secondary N) is 2. The summed E-state index contributed by atoms with van der Waals surface area (Å²) < 4.78 is 10.9. The first-order valence-corrected chi connectivity index (χ1v) is 9.08. The molecule has 0 bridgehead atoms. The van der Waals surface area contributed by atoms with E-state index in [2.05, 4.69) is 15.6 Å². The Bertz CT molecular complexity index is 883. The lowest BCUT2D eigenvalue weighted by Crippen LogP contribution is -2.26. The molecular formula is C22H23N3O3. The number of aromatic nitrogens is 1. The molecule has 1 aromatic heterocycles. The van der Waals surface area contributed by atoms with Gasteiger partial charge in [-0.2, -0.15) is 0 Å². The Morgan fingerprint density at radius 2 is 1.79 bits per heavy atom. The predicted octanol–water partition coefficient (Wildman–Crippen LogP) is 4.38. The van der Waals surface area contributed by atoms with Gasteiger partial charge in [0.1, 0.15) is 11.4 Å². The van der Waals surface area contributed by atoms with Gasteiger partial charge >= 0.3 is 0 Å². The Kier molecular flexibility index (Phi) is 6.98. The number of methoxy groups -OCH3 is 1. The van der Waals surface area contributed by atoms with Crippen molar-refractivity contribution in [1.82, 2.24) is 10.3 Å². The summed E-state index contributed by atoms with van der Waals surface area (Å²) in [5, 5.41) is 6.10. The molecule has 144 valence electrons. The maximum absolute atomic E-state index is 12.1. The van der Waals surface area contributed by atoms with Crippen LogP contribution in [-0.4, -0.2) is 31.2 Å². The molecule has 0 saturated heterocycles. The fourth-order valence-corrected chi connectivity index (χ4v) is 2.54. The molecule has 3 aromatic rings.